The number of unbranched alkanes of at least 4 members (excludes halogenated alkanes) is 30. The first kappa shape index (κ1) is 43.9. The van der Waals surface area contributed by atoms with Crippen molar-refractivity contribution in [2.45, 2.75) is 219 Å². The zero-order valence-electron chi connectivity index (χ0n) is 32.4. The van der Waals surface area contributed by atoms with Crippen molar-refractivity contribution in [3.63, 3.8) is 0 Å². The second kappa shape index (κ2) is 32.8. The fraction of sp³-hybridized carbons (Fsp3) is 1.00. The van der Waals surface area contributed by atoms with Gasteiger partial charge in [-0.05, 0) is 25.7 Å². The predicted octanol–water partition coefficient (Wildman–Crippen LogP) is 13.7. The van der Waals surface area contributed by atoms with Crippen molar-refractivity contribution >= 4 is 0 Å². The Morgan fingerprint density at radius 2 is 0.364 bits per heavy atom. The van der Waals surface area contributed by atoms with Crippen LogP contribution in [0.25, 0.3) is 0 Å². The van der Waals surface area contributed by atoms with Gasteiger partial charge in [0, 0.05) is 0 Å². The van der Waals surface area contributed by atoms with Gasteiger partial charge in [-0.15, -0.1) is 0 Å². The molecule has 0 aliphatic rings. The van der Waals surface area contributed by atoms with Gasteiger partial charge in [0.1, 0.15) is 13.1 Å². The van der Waals surface area contributed by atoms with Crippen molar-refractivity contribution in [1.82, 2.24) is 0 Å². The van der Waals surface area contributed by atoms with Crippen LogP contribution < -0.4 is 0 Å². The molecule has 0 heterocycles. The molecule has 0 bridgehead atoms. The maximum Gasteiger partial charge on any atom is 0.128 e. The highest BCUT2D eigenvalue weighted by Crippen LogP contribution is 2.16. The lowest BCUT2D eigenvalue weighted by Crippen LogP contribution is -2.51. The molecule has 44 heavy (non-hydrogen) atoms. The Morgan fingerprint density at radius 3 is 0.545 bits per heavy atom. The van der Waals surface area contributed by atoms with E-state index < -0.39 is 0 Å². The molecule has 0 rings (SSSR count). The third-order valence-corrected chi connectivity index (χ3v) is 10.5. The van der Waals surface area contributed by atoms with E-state index in [0.717, 1.165) is 0 Å². The molecule has 0 aromatic rings. The number of nitrogens with zero attached hydrogens (tertiary/aromatic N) is 2. The van der Waals surface area contributed by atoms with Crippen molar-refractivity contribution < 1.29 is 8.97 Å². The van der Waals surface area contributed by atoms with Crippen LogP contribution in [-0.4, -0.2) is 63.3 Å². The summed E-state index contributed by atoms with van der Waals surface area (Å²) in [5.41, 5.74) is 0. The molecule has 2 heteroatoms. The van der Waals surface area contributed by atoms with Gasteiger partial charge in [0.2, 0.25) is 0 Å². The molecule has 0 fully saturated rings. The highest BCUT2D eigenvalue weighted by atomic mass is 15.4. The molecule has 0 aliphatic carbocycles. The van der Waals surface area contributed by atoms with Gasteiger partial charge in [0.05, 0.1) is 41.3 Å². The Kier molecular flexibility index (Phi) is 32.8. The van der Waals surface area contributed by atoms with Crippen LogP contribution in [0, 0.1) is 0 Å². The number of rotatable bonds is 37. The van der Waals surface area contributed by atoms with Gasteiger partial charge in [-0.2, -0.15) is 0 Å². The molecular weight excluding hydrogens is 532 g/mol. The van der Waals surface area contributed by atoms with E-state index in [2.05, 4.69) is 42.0 Å². The van der Waals surface area contributed by atoms with Crippen LogP contribution in [0.4, 0.5) is 0 Å². The Hall–Kier alpha value is -0.0800. The lowest BCUT2D eigenvalue weighted by Gasteiger charge is -2.36. The van der Waals surface area contributed by atoms with Crippen molar-refractivity contribution in [2.24, 2.45) is 0 Å². The van der Waals surface area contributed by atoms with E-state index in [0.29, 0.717) is 0 Å². The van der Waals surface area contributed by atoms with Crippen LogP contribution in [0.5, 0.6) is 0 Å². The van der Waals surface area contributed by atoms with E-state index in [9.17, 15) is 0 Å². The maximum absolute atomic E-state index is 2.47. The molecule has 0 aromatic carbocycles. The molecule has 266 valence electrons. The number of hydrogen-bond acceptors (Lipinski definition) is 0. The quantitative estimate of drug-likeness (QED) is 0.0477. The Balaban J connectivity index is 3.49. The van der Waals surface area contributed by atoms with Gasteiger partial charge in [0.15, 0.2) is 0 Å². The lowest BCUT2D eigenvalue weighted by molar-refractivity contribution is -0.946. The fourth-order valence-electron chi connectivity index (χ4n) is 6.94. The summed E-state index contributed by atoms with van der Waals surface area (Å²) in [6.07, 6.45) is 46.7. The highest BCUT2D eigenvalue weighted by Gasteiger charge is 2.22. The van der Waals surface area contributed by atoms with E-state index in [4.69, 9.17) is 0 Å². The normalized spacial score (nSPS) is 12.4. The minimum atomic E-state index is 1.21. The maximum atomic E-state index is 2.47. The van der Waals surface area contributed by atoms with Crippen molar-refractivity contribution in [3.05, 3.63) is 0 Å². The van der Waals surface area contributed by atoms with E-state index in [1.54, 1.807) is 0 Å². The van der Waals surface area contributed by atoms with E-state index in [-0.39, 0.29) is 0 Å². The summed E-state index contributed by atoms with van der Waals surface area (Å²) in [4.78, 5) is 0. The molecule has 0 unspecified atom stereocenters. The largest absolute Gasteiger partial charge is 0.324 e. The SMILES string of the molecule is CCCCCCCCCCCCCCCCCCCC[N+](C)(C)CC[N+](C)(C)CCCCCCCCCCCCCCCC. The Bertz CT molecular complexity index is 540. The Morgan fingerprint density at radius 1 is 0.205 bits per heavy atom. The predicted molar refractivity (Wildman–Crippen MR) is 203 cm³/mol. The van der Waals surface area contributed by atoms with Crippen LogP contribution in [0.3, 0.4) is 0 Å². The zero-order chi connectivity index (χ0) is 32.5. The molecule has 0 radical (unpaired) electrons. The van der Waals surface area contributed by atoms with E-state index in [1.165, 1.54) is 241 Å². The summed E-state index contributed by atoms with van der Waals surface area (Å²) in [5.74, 6) is 0. The summed E-state index contributed by atoms with van der Waals surface area (Å²) < 4.78 is 2.42. The molecule has 0 aliphatic heterocycles. The molecule has 2 nitrogen and oxygen atoms in total. The second-order valence-corrected chi connectivity index (χ2v) is 16.4. The van der Waals surface area contributed by atoms with E-state index in [1.807, 2.05) is 0 Å². The number of hydrogen-bond donors (Lipinski definition) is 0. The zero-order valence-corrected chi connectivity index (χ0v) is 32.4. The monoisotopic (exact) mass is 623 g/mol. The number of likely N-dealkylation sites (N-methyl/N-ethyl adjacent to an activating group) is 2. The van der Waals surface area contributed by atoms with Crippen molar-refractivity contribution in [3.8, 4) is 0 Å². The first-order valence-corrected chi connectivity index (χ1v) is 21.0. The first-order chi connectivity index (χ1) is 21.3. The van der Waals surface area contributed by atoms with Gasteiger partial charge in [0.25, 0.3) is 0 Å². The summed E-state index contributed by atoms with van der Waals surface area (Å²) in [6.45, 7) is 9.98. The number of quaternary nitrogens is 2. The summed E-state index contributed by atoms with van der Waals surface area (Å²) in [6, 6.07) is 0. The van der Waals surface area contributed by atoms with Crippen LogP contribution in [0.15, 0.2) is 0 Å². The lowest BCUT2D eigenvalue weighted by atomic mass is 10.0. The van der Waals surface area contributed by atoms with Crippen LogP contribution in [-0.2, 0) is 0 Å². The molecule has 0 spiro atoms. The van der Waals surface area contributed by atoms with Crippen LogP contribution >= 0.6 is 0 Å². The third kappa shape index (κ3) is 34.8. The van der Waals surface area contributed by atoms with Gasteiger partial charge in [-0.1, -0.05) is 194 Å². The van der Waals surface area contributed by atoms with Gasteiger partial charge in [-0.3, -0.25) is 0 Å². The average molecular weight is 623 g/mol. The van der Waals surface area contributed by atoms with Gasteiger partial charge in [-0.25, -0.2) is 0 Å². The minimum absolute atomic E-state index is 1.21. The molecule has 0 atom stereocenters. The van der Waals surface area contributed by atoms with Gasteiger partial charge < -0.3 is 8.97 Å². The third-order valence-electron chi connectivity index (χ3n) is 10.5. The molecular formula is C42H90N2+2. The summed E-state index contributed by atoms with van der Waals surface area (Å²) >= 11 is 0. The fourth-order valence-corrected chi connectivity index (χ4v) is 6.94. The topological polar surface area (TPSA) is 0 Å². The summed E-state index contributed by atoms with van der Waals surface area (Å²) in [5, 5.41) is 0. The smallest absolute Gasteiger partial charge is 0.128 e. The molecule has 0 N–H and O–H groups in total. The molecule has 0 aromatic heterocycles. The van der Waals surface area contributed by atoms with Crippen LogP contribution in [0.1, 0.15) is 219 Å². The Labute approximate surface area is 282 Å². The van der Waals surface area contributed by atoms with Crippen molar-refractivity contribution in [2.75, 3.05) is 54.4 Å². The minimum Gasteiger partial charge on any atom is -0.324 e. The first-order valence-electron chi connectivity index (χ1n) is 21.0. The summed E-state index contributed by atoms with van der Waals surface area (Å²) in [7, 11) is 9.89. The molecule has 0 saturated carbocycles. The van der Waals surface area contributed by atoms with Gasteiger partial charge >= 0.3 is 0 Å². The highest BCUT2D eigenvalue weighted by molar-refractivity contribution is 4.52. The average Bonchev–Trinajstić information content (AvgIpc) is 3.00. The standard InChI is InChI=1S/C42H90N2/c1-7-9-11-13-15-17-19-21-23-24-25-26-28-30-32-34-36-38-40-44(5,6)42-41-43(3,4)39-37-35-33-31-29-27-22-20-18-16-14-12-10-8-2/h7-42H2,1-6H3/q+2. The second-order valence-electron chi connectivity index (χ2n) is 16.4. The molecule has 0 saturated heterocycles. The van der Waals surface area contributed by atoms with Crippen LogP contribution in [0.2, 0.25) is 0 Å². The van der Waals surface area contributed by atoms with Crippen molar-refractivity contribution in [1.29, 1.82) is 0 Å². The van der Waals surface area contributed by atoms with E-state index >= 15 is 0 Å². The molecule has 0 amide bonds.